The van der Waals surface area contributed by atoms with Crippen LogP contribution >= 0.6 is 0 Å². The van der Waals surface area contributed by atoms with E-state index < -0.39 is 0 Å². The first-order valence-electron chi connectivity index (χ1n) is 9.65. The zero-order valence-electron chi connectivity index (χ0n) is 17.2. The number of guanidine groups is 1. The van der Waals surface area contributed by atoms with Crippen LogP contribution in [0.5, 0.6) is 5.75 Å². The molecule has 0 spiro atoms. The van der Waals surface area contributed by atoms with Crippen LogP contribution in [0.1, 0.15) is 51.9 Å². The summed E-state index contributed by atoms with van der Waals surface area (Å²) in [6, 6.07) is 8.37. The van der Waals surface area contributed by atoms with Gasteiger partial charge in [0.1, 0.15) is 11.4 Å². The molecule has 0 aliphatic rings. The van der Waals surface area contributed by atoms with E-state index in [4.69, 9.17) is 4.74 Å². The summed E-state index contributed by atoms with van der Waals surface area (Å²) in [5.74, 6) is 2.09. The Balaban J connectivity index is 2.40. The van der Waals surface area contributed by atoms with Gasteiger partial charge in [-0.05, 0) is 30.7 Å². The summed E-state index contributed by atoms with van der Waals surface area (Å²) in [4.78, 5) is 4.30. The van der Waals surface area contributed by atoms with E-state index in [1.165, 1.54) is 38.5 Å². The first-order valence-corrected chi connectivity index (χ1v) is 9.65. The van der Waals surface area contributed by atoms with Crippen molar-refractivity contribution in [3.05, 3.63) is 24.3 Å². The van der Waals surface area contributed by atoms with E-state index in [0.29, 0.717) is 0 Å². The van der Waals surface area contributed by atoms with Gasteiger partial charge in [-0.2, -0.15) is 0 Å². The molecule has 0 bridgehead atoms. The third kappa shape index (κ3) is 7.80. The molecule has 1 rings (SSSR count). The summed E-state index contributed by atoms with van der Waals surface area (Å²) in [6.07, 6.45) is 9.19. The molecule has 25 heavy (non-hydrogen) atoms. The van der Waals surface area contributed by atoms with Crippen LogP contribution in [0.4, 0.5) is 5.69 Å². The molecule has 0 aromatic heterocycles. The third-order valence-corrected chi connectivity index (χ3v) is 4.34. The molecule has 1 aromatic carbocycles. The molecule has 0 fully saturated rings. The SMILES string of the molecule is CCCCCCCCCOc1ccc(N(C)C(N(C)C)=[N+](C)C)cc1. The lowest BCUT2D eigenvalue weighted by Gasteiger charge is -2.21. The number of anilines is 1. The van der Waals surface area contributed by atoms with Gasteiger partial charge < -0.3 is 4.74 Å². The fraction of sp³-hybridized carbons (Fsp3) is 0.667. The standard InChI is InChI=1S/C21H38N3O/c1-7-8-9-10-11-12-13-18-25-20-16-14-19(15-17-20)24(6)21(22(2)3)23(4)5/h14-17H,7-13,18H2,1-6H3/q+1. The Kier molecular flexibility index (Phi) is 10.0. The predicted molar refractivity (Wildman–Crippen MR) is 109 cm³/mol. The Morgan fingerprint density at radius 3 is 1.96 bits per heavy atom. The summed E-state index contributed by atoms with van der Waals surface area (Å²) >= 11 is 0. The van der Waals surface area contributed by atoms with Crippen LogP contribution < -0.4 is 9.64 Å². The minimum atomic E-state index is 0.815. The maximum atomic E-state index is 5.88. The molecule has 0 radical (unpaired) electrons. The second-order valence-corrected chi connectivity index (χ2v) is 7.11. The van der Waals surface area contributed by atoms with Crippen LogP contribution in [0.15, 0.2) is 24.3 Å². The van der Waals surface area contributed by atoms with Crippen molar-refractivity contribution in [2.45, 2.75) is 51.9 Å². The van der Waals surface area contributed by atoms with Gasteiger partial charge in [0.25, 0.3) is 0 Å². The van der Waals surface area contributed by atoms with E-state index >= 15 is 0 Å². The monoisotopic (exact) mass is 348 g/mol. The summed E-state index contributed by atoms with van der Waals surface area (Å²) in [6.45, 7) is 3.08. The van der Waals surface area contributed by atoms with Crippen LogP contribution in [0.25, 0.3) is 0 Å². The summed E-state index contributed by atoms with van der Waals surface area (Å²) in [5.41, 5.74) is 1.15. The fourth-order valence-electron chi connectivity index (χ4n) is 3.13. The van der Waals surface area contributed by atoms with Crippen molar-refractivity contribution in [3.8, 4) is 5.75 Å². The van der Waals surface area contributed by atoms with Crippen LogP contribution in [-0.2, 0) is 0 Å². The molecule has 4 nitrogen and oxygen atoms in total. The van der Waals surface area contributed by atoms with Gasteiger partial charge >= 0.3 is 5.96 Å². The molecule has 0 atom stereocenters. The number of ether oxygens (including phenoxy) is 1. The highest BCUT2D eigenvalue weighted by Crippen LogP contribution is 2.19. The van der Waals surface area contributed by atoms with Crippen LogP contribution in [0, 0.1) is 0 Å². The number of benzene rings is 1. The van der Waals surface area contributed by atoms with Gasteiger partial charge in [0.05, 0.1) is 41.8 Å². The summed E-state index contributed by atoms with van der Waals surface area (Å²) in [7, 11) is 10.3. The normalized spacial score (nSPS) is 10.5. The minimum Gasteiger partial charge on any atom is -0.494 e. The molecule has 0 unspecified atom stereocenters. The van der Waals surface area contributed by atoms with Crippen molar-refractivity contribution >= 4 is 11.6 Å². The number of hydrogen-bond donors (Lipinski definition) is 0. The Hall–Kier alpha value is -1.71. The van der Waals surface area contributed by atoms with Crippen molar-refractivity contribution in [1.29, 1.82) is 0 Å². The van der Waals surface area contributed by atoms with Crippen molar-refractivity contribution in [1.82, 2.24) is 4.90 Å². The molecular formula is C21H38N3O+. The van der Waals surface area contributed by atoms with Crippen molar-refractivity contribution in [3.63, 3.8) is 0 Å². The van der Waals surface area contributed by atoms with E-state index in [9.17, 15) is 0 Å². The highest BCUT2D eigenvalue weighted by Gasteiger charge is 2.20. The Morgan fingerprint density at radius 2 is 1.44 bits per heavy atom. The zero-order valence-corrected chi connectivity index (χ0v) is 17.2. The Morgan fingerprint density at radius 1 is 0.880 bits per heavy atom. The molecule has 0 heterocycles. The summed E-state index contributed by atoms with van der Waals surface area (Å²) < 4.78 is 7.99. The average Bonchev–Trinajstić information content (AvgIpc) is 2.57. The molecule has 0 saturated carbocycles. The van der Waals surface area contributed by atoms with E-state index in [1.54, 1.807) is 0 Å². The van der Waals surface area contributed by atoms with E-state index in [0.717, 1.165) is 30.4 Å². The topological polar surface area (TPSA) is 18.7 Å². The first-order chi connectivity index (χ1) is 12.0. The Bertz CT molecular complexity index is 504. The largest absolute Gasteiger partial charge is 0.494 e. The molecule has 142 valence electrons. The molecule has 4 heteroatoms. The van der Waals surface area contributed by atoms with Gasteiger partial charge in [0.15, 0.2) is 0 Å². The second kappa shape index (κ2) is 11.8. The maximum Gasteiger partial charge on any atom is 0.354 e. The van der Waals surface area contributed by atoms with Gasteiger partial charge in [0, 0.05) is 0 Å². The average molecular weight is 349 g/mol. The lowest BCUT2D eigenvalue weighted by Crippen LogP contribution is -2.43. The van der Waals surface area contributed by atoms with Gasteiger partial charge in [-0.25, -0.2) is 4.90 Å². The lowest BCUT2D eigenvalue weighted by atomic mass is 10.1. The smallest absolute Gasteiger partial charge is 0.354 e. The summed E-state index contributed by atoms with van der Waals surface area (Å²) in [5, 5.41) is 0. The fourth-order valence-corrected chi connectivity index (χ4v) is 3.13. The van der Waals surface area contributed by atoms with E-state index in [2.05, 4.69) is 80.8 Å². The van der Waals surface area contributed by atoms with Gasteiger partial charge in [0.2, 0.25) is 0 Å². The molecule has 0 aliphatic carbocycles. The molecule has 0 saturated heterocycles. The Labute approximate surface area is 155 Å². The van der Waals surface area contributed by atoms with Crippen molar-refractivity contribution in [2.24, 2.45) is 0 Å². The second-order valence-electron chi connectivity index (χ2n) is 7.11. The highest BCUT2D eigenvalue weighted by atomic mass is 16.5. The number of rotatable bonds is 10. The van der Waals surface area contributed by atoms with Gasteiger partial charge in [-0.15, -0.1) is 0 Å². The third-order valence-electron chi connectivity index (χ3n) is 4.34. The molecule has 0 aliphatic heterocycles. The number of unbranched alkanes of at least 4 members (excludes halogenated alkanes) is 6. The van der Waals surface area contributed by atoms with Crippen LogP contribution in [0.3, 0.4) is 0 Å². The van der Waals surface area contributed by atoms with Gasteiger partial charge in [-0.1, -0.05) is 45.4 Å². The minimum absolute atomic E-state index is 0.815. The number of nitrogens with zero attached hydrogens (tertiary/aromatic N) is 3. The quantitative estimate of drug-likeness (QED) is 0.269. The van der Waals surface area contributed by atoms with E-state index in [1.807, 2.05) is 0 Å². The van der Waals surface area contributed by atoms with Crippen LogP contribution in [-0.4, -0.2) is 57.3 Å². The first kappa shape index (κ1) is 21.3. The molecule has 1 aromatic rings. The van der Waals surface area contributed by atoms with Gasteiger partial charge in [-0.3, -0.25) is 9.48 Å². The molecule has 0 amide bonds. The molecule has 0 N–H and O–H groups in total. The van der Waals surface area contributed by atoms with Crippen molar-refractivity contribution in [2.75, 3.05) is 46.7 Å². The molecular weight excluding hydrogens is 310 g/mol. The highest BCUT2D eigenvalue weighted by molar-refractivity contribution is 5.91. The maximum absolute atomic E-state index is 5.88. The zero-order chi connectivity index (χ0) is 18.7. The number of hydrogen-bond acceptors (Lipinski definition) is 1. The predicted octanol–water partition coefficient (Wildman–Crippen LogP) is 4.44. The van der Waals surface area contributed by atoms with E-state index in [-0.39, 0.29) is 0 Å². The lowest BCUT2D eigenvalue weighted by molar-refractivity contribution is -0.470. The van der Waals surface area contributed by atoms with Crippen molar-refractivity contribution < 1.29 is 9.31 Å². The van der Waals surface area contributed by atoms with Crippen LogP contribution in [0.2, 0.25) is 0 Å².